The minimum atomic E-state index is -0.114. The maximum Gasteiger partial charge on any atom is 0.120 e. The molecule has 0 saturated heterocycles. The molecule has 0 aliphatic heterocycles. The van der Waals surface area contributed by atoms with Crippen molar-refractivity contribution in [1.29, 1.82) is 0 Å². The number of nitrogens with one attached hydrogen (secondary N) is 5. The number of halogens is 1. The second-order valence-electron chi connectivity index (χ2n) is 7.16. The Kier molecular flexibility index (Phi) is 9.40. The highest BCUT2D eigenvalue weighted by Gasteiger charge is 2.15. The smallest absolute Gasteiger partial charge is 0.120 e. The number of hydrogen-bond donors (Lipinski definition) is 6. The summed E-state index contributed by atoms with van der Waals surface area (Å²) in [7, 11) is 1.81. The maximum atomic E-state index is 10.8. The highest BCUT2D eigenvalue weighted by molar-refractivity contribution is 6.31. The van der Waals surface area contributed by atoms with E-state index in [4.69, 9.17) is 17.4 Å². The van der Waals surface area contributed by atoms with Gasteiger partial charge in [0.15, 0.2) is 0 Å². The van der Waals surface area contributed by atoms with Crippen LogP contribution in [0.1, 0.15) is 29.5 Å². The van der Waals surface area contributed by atoms with Gasteiger partial charge >= 0.3 is 0 Å². The summed E-state index contributed by atoms with van der Waals surface area (Å²) in [5.41, 5.74) is 15.0. The minimum Gasteiger partial charge on any atom is -0.390 e. The van der Waals surface area contributed by atoms with Gasteiger partial charge < -0.3 is 26.3 Å². The Hall–Kier alpha value is -3.00. The topological polar surface area (TPSA) is 103 Å². The lowest BCUT2D eigenvalue weighted by Gasteiger charge is -2.24. The lowest BCUT2D eigenvalue weighted by atomic mass is 10.0. The predicted molar refractivity (Wildman–Crippen MR) is 130 cm³/mol. The Morgan fingerprint density at radius 2 is 2.00 bits per heavy atom. The van der Waals surface area contributed by atoms with Gasteiger partial charge in [-0.2, -0.15) is 0 Å². The number of aldehydes is 1. The van der Waals surface area contributed by atoms with Crippen molar-refractivity contribution < 1.29 is 4.79 Å². The third kappa shape index (κ3) is 7.03. The van der Waals surface area contributed by atoms with Crippen LogP contribution in [0.15, 0.2) is 55.3 Å². The van der Waals surface area contributed by atoms with Gasteiger partial charge in [0.05, 0.1) is 17.4 Å². The average Bonchev–Trinajstić information content (AvgIpc) is 2.78. The predicted octanol–water partition coefficient (Wildman–Crippen LogP) is 3.69. The van der Waals surface area contributed by atoms with Crippen molar-refractivity contribution in [2.75, 3.05) is 17.8 Å². The summed E-state index contributed by atoms with van der Waals surface area (Å²) < 4.78 is 0. The molecule has 0 aliphatic rings. The van der Waals surface area contributed by atoms with Crippen molar-refractivity contribution in [2.24, 2.45) is 5.84 Å². The number of benzene rings is 2. The molecule has 31 heavy (non-hydrogen) atoms. The molecule has 0 saturated carbocycles. The first kappa shape index (κ1) is 24.3. The lowest BCUT2D eigenvalue weighted by molar-refractivity contribution is -0.107. The number of anilines is 2. The molecule has 1 unspecified atom stereocenters. The molecule has 1 atom stereocenters. The van der Waals surface area contributed by atoms with Gasteiger partial charge in [-0.05, 0) is 48.7 Å². The monoisotopic (exact) mass is 442 g/mol. The van der Waals surface area contributed by atoms with Gasteiger partial charge in [-0.3, -0.25) is 5.84 Å². The van der Waals surface area contributed by atoms with Crippen LogP contribution in [-0.4, -0.2) is 19.4 Å². The number of carbonyl (C=O) groups excluding carboxylic acids is 1. The Morgan fingerprint density at radius 3 is 2.65 bits per heavy atom. The van der Waals surface area contributed by atoms with Gasteiger partial charge in [0, 0.05) is 42.0 Å². The molecule has 0 aromatic heterocycles. The number of rotatable bonds is 13. The van der Waals surface area contributed by atoms with Crippen LogP contribution in [0, 0.1) is 6.92 Å². The Labute approximate surface area is 189 Å². The molecule has 0 heterocycles. The molecule has 0 spiro atoms. The molecule has 0 radical (unpaired) electrons. The van der Waals surface area contributed by atoms with Crippen LogP contribution >= 0.6 is 11.6 Å². The Bertz CT molecular complexity index is 930. The summed E-state index contributed by atoms with van der Waals surface area (Å²) in [5.74, 6) is 5.63. The standard InChI is InChI=1S/C23H31ClN6O/c1-15-7-9-19(13-21(15)24)30-27-14-18-8-10-23(20(12-18)16(2)29-25)28-22(6-5-11-31)17(3)26-4/h7-13,22,26-30H,2-3,5-6,14,25H2,1,4H3. The molecule has 166 valence electrons. The number of hydrazine groups is 2. The molecule has 7 N–H and O–H groups in total. The summed E-state index contributed by atoms with van der Waals surface area (Å²) in [6.07, 6.45) is 1.96. The quantitative estimate of drug-likeness (QED) is 0.160. The molecule has 2 aromatic rings. The minimum absolute atomic E-state index is 0.114. The highest BCUT2D eigenvalue weighted by Crippen LogP contribution is 2.25. The van der Waals surface area contributed by atoms with Gasteiger partial charge in [0.25, 0.3) is 0 Å². The van der Waals surface area contributed by atoms with Crippen LogP contribution in [0.25, 0.3) is 5.70 Å². The highest BCUT2D eigenvalue weighted by atomic mass is 35.5. The van der Waals surface area contributed by atoms with Crippen LogP contribution < -0.4 is 32.8 Å². The van der Waals surface area contributed by atoms with Gasteiger partial charge in [-0.15, -0.1) is 0 Å². The van der Waals surface area contributed by atoms with Crippen LogP contribution in [0.2, 0.25) is 5.02 Å². The molecule has 7 nitrogen and oxygen atoms in total. The molecule has 2 rings (SSSR count). The number of likely N-dealkylation sites (N-methyl/N-ethyl adjacent to an activating group) is 1. The number of carbonyl (C=O) groups is 1. The first-order valence-electron chi connectivity index (χ1n) is 10.00. The van der Waals surface area contributed by atoms with Gasteiger partial charge in [0.2, 0.25) is 0 Å². The van der Waals surface area contributed by atoms with Gasteiger partial charge in [0.1, 0.15) is 6.29 Å². The largest absolute Gasteiger partial charge is 0.390 e. The summed E-state index contributed by atoms with van der Waals surface area (Å²) >= 11 is 6.17. The van der Waals surface area contributed by atoms with Crippen molar-refractivity contribution in [3.63, 3.8) is 0 Å². The van der Waals surface area contributed by atoms with E-state index in [1.807, 2.05) is 50.4 Å². The third-order valence-electron chi connectivity index (χ3n) is 4.93. The van der Waals surface area contributed by atoms with Crippen LogP contribution in [0.5, 0.6) is 0 Å². The molecule has 0 fully saturated rings. The average molecular weight is 443 g/mol. The molecule has 0 bridgehead atoms. The van der Waals surface area contributed by atoms with Crippen molar-refractivity contribution in [3.8, 4) is 0 Å². The van der Waals surface area contributed by atoms with E-state index < -0.39 is 0 Å². The van der Waals surface area contributed by atoms with E-state index in [-0.39, 0.29) is 6.04 Å². The first-order valence-corrected chi connectivity index (χ1v) is 10.4. The molecule has 8 heteroatoms. The summed E-state index contributed by atoms with van der Waals surface area (Å²) in [5, 5.41) is 7.21. The fraction of sp³-hybridized carbons (Fsp3) is 0.261. The van der Waals surface area contributed by atoms with E-state index in [0.29, 0.717) is 30.1 Å². The fourth-order valence-electron chi connectivity index (χ4n) is 3.00. The van der Waals surface area contributed by atoms with Crippen molar-refractivity contribution in [1.82, 2.24) is 16.2 Å². The van der Waals surface area contributed by atoms with Crippen molar-refractivity contribution >= 4 is 35.0 Å². The number of aryl methyl sites for hydroxylation is 1. The SMILES string of the molecule is C=C(NN)c1cc(CNNc2ccc(C)c(Cl)c2)ccc1NC(CCC=O)C(=C)NC. The van der Waals surface area contributed by atoms with Gasteiger partial charge in [-0.1, -0.05) is 36.9 Å². The normalized spacial score (nSPS) is 11.4. The van der Waals surface area contributed by atoms with Crippen LogP contribution in [-0.2, 0) is 11.3 Å². The summed E-state index contributed by atoms with van der Waals surface area (Å²) in [6.45, 7) is 10.6. The number of hydrogen-bond acceptors (Lipinski definition) is 7. The first-order chi connectivity index (χ1) is 14.9. The van der Waals surface area contributed by atoms with E-state index in [1.165, 1.54) is 0 Å². The van der Waals surface area contributed by atoms with Crippen molar-refractivity contribution in [2.45, 2.75) is 32.4 Å². The zero-order valence-corrected chi connectivity index (χ0v) is 18.8. The van der Waals surface area contributed by atoms with Gasteiger partial charge in [-0.25, -0.2) is 5.43 Å². The van der Waals surface area contributed by atoms with E-state index in [1.54, 1.807) is 0 Å². The summed E-state index contributed by atoms with van der Waals surface area (Å²) in [4.78, 5) is 10.8. The molecular weight excluding hydrogens is 412 g/mol. The molecular formula is C23H31ClN6O. The second-order valence-corrected chi connectivity index (χ2v) is 7.57. The maximum absolute atomic E-state index is 10.8. The fourth-order valence-corrected chi connectivity index (χ4v) is 3.18. The van der Waals surface area contributed by atoms with E-state index in [0.717, 1.165) is 40.0 Å². The molecule has 0 aliphatic carbocycles. The lowest BCUT2D eigenvalue weighted by Crippen LogP contribution is -2.29. The molecule has 2 aromatic carbocycles. The Balaban J connectivity index is 2.14. The zero-order valence-electron chi connectivity index (χ0n) is 18.0. The zero-order chi connectivity index (χ0) is 22.8. The molecule has 0 amide bonds. The van der Waals surface area contributed by atoms with E-state index in [9.17, 15) is 4.79 Å². The van der Waals surface area contributed by atoms with Crippen molar-refractivity contribution in [3.05, 3.63) is 77.0 Å². The van der Waals surface area contributed by atoms with Crippen LogP contribution in [0.4, 0.5) is 11.4 Å². The van der Waals surface area contributed by atoms with E-state index >= 15 is 0 Å². The number of nitrogens with two attached hydrogens (primary N) is 1. The van der Waals surface area contributed by atoms with E-state index in [2.05, 4.69) is 40.1 Å². The third-order valence-corrected chi connectivity index (χ3v) is 5.33. The Morgan fingerprint density at radius 1 is 1.23 bits per heavy atom. The second kappa shape index (κ2) is 12.0. The summed E-state index contributed by atoms with van der Waals surface area (Å²) in [6, 6.07) is 11.6. The van der Waals surface area contributed by atoms with Crippen LogP contribution in [0.3, 0.4) is 0 Å².